The predicted octanol–water partition coefficient (Wildman–Crippen LogP) is 0.803. The summed E-state index contributed by atoms with van der Waals surface area (Å²) in [7, 11) is 0. The fourth-order valence-electron chi connectivity index (χ4n) is 2.33. The van der Waals surface area contributed by atoms with E-state index < -0.39 is 12.2 Å². The maximum Gasteiger partial charge on any atom is 0.309 e. The van der Waals surface area contributed by atoms with Crippen LogP contribution in [0.25, 0.3) is 0 Å². The Bertz CT molecular complexity index is 403. The molecule has 0 amide bonds. The van der Waals surface area contributed by atoms with E-state index in [1.54, 1.807) is 0 Å². The molecule has 0 spiro atoms. The molecule has 4 heteroatoms. The molecule has 2 aliphatic rings. The highest BCUT2D eigenvalue weighted by atomic mass is 16.6. The maximum atomic E-state index is 11.0. The molecule has 1 aromatic rings. The molecule has 0 radical (unpaired) electrons. The number of aliphatic hydroxyl groups excluding tert-OH is 1. The Kier molecular flexibility index (Phi) is 2.19. The number of aliphatic hydroxyl groups is 1. The van der Waals surface area contributed by atoms with Gasteiger partial charge in [-0.2, -0.15) is 0 Å². The third-order valence-corrected chi connectivity index (χ3v) is 3.10. The molecule has 0 bridgehead atoms. The van der Waals surface area contributed by atoms with Gasteiger partial charge >= 0.3 is 5.97 Å². The van der Waals surface area contributed by atoms with Crippen LogP contribution in [0.3, 0.4) is 0 Å². The van der Waals surface area contributed by atoms with Crippen molar-refractivity contribution in [1.29, 1.82) is 0 Å². The van der Waals surface area contributed by atoms with Crippen molar-refractivity contribution in [2.45, 2.75) is 30.8 Å². The van der Waals surface area contributed by atoms with Gasteiger partial charge in [-0.25, -0.2) is 0 Å². The average Bonchev–Trinajstić information content (AvgIpc) is 2.79. The van der Waals surface area contributed by atoms with Crippen LogP contribution in [0.5, 0.6) is 0 Å². The van der Waals surface area contributed by atoms with E-state index in [1.807, 2.05) is 30.3 Å². The molecule has 0 aromatic heterocycles. The van der Waals surface area contributed by atoms with E-state index >= 15 is 0 Å². The summed E-state index contributed by atoms with van der Waals surface area (Å²) in [5.74, 6) is -0.291. The van der Waals surface area contributed by atoms with Gasteiger partial charge in [0.15, 0.2) is 6.10 Å². The quantitative estimate of drug-likeness (QED) is 0.711. The molecule has 4 atom stereocenters. The van der Waals surface area contributed by atoms with Crippen molar-refractivity contribution in [2.24, 2.45) is 0 Å². The lowest BCUT2D eigenvalue weighted by atomic mass is 10.0. The van der Waals surface area contributed by atoms with E-state index in [2.05, 4.69) is 0 Å². The van der Waals surface area contributed by atoms with Crippen LogP contribution in [-0.2, 0) is 14.3 Å². The number of hydrogen-bond acceptors (Lipinski definition) is 4. The average molecular weight is 220 g/mol. The summed E-state index contributed by atoms with van der Waals surface area (Å²) < 4.78 is 10.7. The fraction of sp³-hybridized carbons (Fsp3) is 0.417. The summed E-state index contributed by atoms with van der Waals surface area (Å²) in [5, 5.41) is 10.0. The maximum absolute atomic E-state index is 11.0. The molecule has 0 aliphatic carbocycles. The molecular weight excluding hydrogens is 208 g/mol. The molecule has 2 saturated heterocycles. The summed E-state index contributed by atoms with van der Waals surface area (Å²) in [5.41, 5.74) is 0.917. The molecule has 2 aliphatic heterocycles. The van der Waals surface area contributed by atoms with Crippen molar-refractivity contribution in [3.05, 3.63) is 35.9 Å². The molecule has 1 aromatic carbocycles. The summed E-state index contributed by atoms with van der Waals surface area (Å²) in [6, 6.07) is 9.50. The minimum atomic E-state index is -0.765. The van der Waals surface area contributed by atoms with Crippen LogP contribution in [0.2, 0.25) is 0 Å². The third kappa shape index (κ3) is 1.42. The number of fused-ring (bicyclic) bond motifs is 1. The smallest absolute Gasteiger partial charge is 0.309 e. The monoisotopic (exact) mass is 220 g/mol. The summed E-state index contributed by atoms with van der Waals surface area (Å²) in [6.45, 7) is 0. The molecule has 0 unspecified atom stereocenters. The lowest BCUT2D eigenvalue weighted by molar-refractivity contribution is -0.145. The zero-order chi connectivity index (χ0) is 11.1. The SMILES string of the molecule is O=C1C[C@@H]2O[C@@H](c3ccccc3)[C@@H](O)[C@@H]2O1. The fourth-order valence-corrected chi connectivity index (χ4v) is 2.33. The van der Waals surface area contributed by atoms with Gasteiger partial charge in [0.25, 0.3) is 0 Å². The lowest BCUT2D eigenvalue weighted by Crippen LogP contribution is -2.28. The largest absolute Gasteiger partial charge is 0.457 e. The van der Waals surface area contributed by atoms with Crippen molar-refractivity contribution in [3.8, 4) is 0 Å². The molecule has 1 N–H and O–H groups in total. The van der Waals surface area contributed by atoms with Crippen molar-refractivity contribution in [3.63, 3.8) is 0 Å². The van der Waals surface area contributed by atoms with Crippen LogP contribution in [0.4, 0.5) is 0 Å². The van der Waals surface area contributed by atoms with Crippen LogP contribution in [0.1, 0.15) is 18.1 Å². The molecule has 4 nitrogen and oxygen atoms in total. The molecule has 3 rings (SSSR count). The minimum absolute atomic E-state index is 0.241. The molecule has 2 fully saturated rings. The minimum Gasteiger partial charge on any atom is -0.457 e. The van der Waals surface area contributed by atoms with Crippen LogP contribution in [0, 0.1) is 0 Å². The van der Waals surface area contributed by atoms with E-state index in [-0.39, 0.29) is 24.6 Å². The van der Waals surface area contributed by atoms with E-state index in [0.29, 0.717) is 0 Å². The summed E-state index contributed by atoms with van der Waals surface area (Å²) in [4.78, 5) is 11.0. The Labute approximate surface area is 92.8 Å². The van der Waals surface area contributed by atoms with Gasteiger partial charge < -0.3 is 14.6 Å². The predicted molar refractivity (Wildman–Crippen MR) is 54.6 cm³/mol. The zero-order valence-electron chi connectivity index (χ0n) is 8.58. The highest BCUT2D eigenvalue weighted by Crippen LogP contribution is 2.39. The Balaban J connectivity index is 1.84. The van der Waals surface area contributed by atoms with Crippen LogP contribution in [-0.4, -0.2) is 29.4 Å². The lowest BCUT2D eigenvalue weighted by Gasteiger charge is -2.16. The number of ether oxygens (including phenoxy) is 2. The molecule has 2 heterocycles. The van der Waals surface area contributed by atoms with Gasteiger partial charge in [-0.1, -0.05) is 30.3 Å². The van der Waals surface area contributed by atoms with E-state index in [4.69, 9.17) is 9.47 Å². The Morgan fingerprint density at radius 2 is 2.00 bits per heavy atom. The second-order valence-electron chi connectivity index (χ2n) is 4.16. The second-order valence-corrected chi connectivity index (χ2v) is 4.16. The van der Waals surface area contributed by atoms with E-state index in [9.17, 15) is 9.90 Å². The van der Waals surface area contributed by atoms with Crippen LogP contribution < -0.4 is 0 Å². The number of carbonyl (C=O) groups is 1. The number of rotatable bonds is 1. The molecule has 0 saturated carbocycles. The Morgan fingerprint density at radius 1 is 1.25 bits per heavy atom. The number of benzene rings is 1. The van der Waals surface area contributed by atoms with Gasteiger partial charge in [0.05, 0.1) is 6.42 Å². The van der Waals surface area contributed by atoms with Gasteiger partial charge in [0, 0.05) is 0 Å². The molecule has 16 heavy (non-hydrogen) atoms. The topological polar surface area (TPSA) is 55.8 Å². The summed E-state index contributed by atoms with van der Waals surface area (Å²) in [6.07, 6.45) is -1.71. The Morgan fingerprint density at radius 3 is 2.69 bits per heavy atom. The van der Waals surface area contributed by atoms with Gasteiger partial charge in [0.2, 0.25) is 0 Å². The Hall–Kier alpha value is -1.39. The van der Waals surface area contributed by atoms with Crippen molar-refractivity contribution >= 4 is 5.97 Å². The van der Waals surface area contributed by atoms with E-state index in [0.717, 1.165) is 5.56 Å². The molecular formula is C12H12O4. The first kappa shape index (κ1) is 9.81. The third-order valence-electron chi connectivity index (χ3n) is 3.10. The van der Waals surface area contributed by atoms with Crippen molar-refractivity contribution in [2.75, 3.05) is 0 Å². The van der Waals surface area contributed by atoms with Crippen LogP contribution in [0.15, 0.2) is 30.3 Å². The normalized spacial score (nSPS) is 37.2. The van der Waals surface area contributed by atoms with Gasteiger partial charge in [-0.3, -0.25) is 4.79 Å². The summed E-state index contributed by atoms with van der Waals surface area (Å²) >= 11 is 0. The van der Waals surface area contributed by atoms with Crippen LogP contribution >= 0.6 is 0 Å². The molecule has 84 valence electrons. The van der Waals surface area contributed by atoms with E-state index in [1.165, 1.54) is 0 Å². The standard InChI is InChI=1S/C12H12O4/c13-9-6-8-12(16-9)10(14)11(15-8)7-4-2-1-3-5-7/h1-5,8,10-12,14H,6H2/t8-,10+,11-,12+/m0/s1. The van der Waals surface area contributed by atoms with Crippen molar-refractivity contribution < 1.29 is 19.4 Å². The highest BCUT2D eigenvalue weighted by molar-refractivity contribution is 5.73. The number of carbonyl (C=O) groups excluding carboxylic acids is 1. The van der Waals surface area contributed by atoms with Gasteiger partial charge in [-0.15, -0.1) is 0 Å². The first-order chi connectivity index (χ1) is 7.75. The second kappa shape index (κ2) is 3.57. The van der Waals surface area contributed by atoms with Crippen molar-refractivity contribution in [1.82, 2.24) is 0 Å². The highest BCUT2D eigenvalue weighted by Gasteiger charge is 2.51. The van der Waals surface area contributed by atoms with Gasteiger partial charge in [-0.05, 0) is 5.56 Å². The zero-order valence-corrected chi connectivity index (χ0v) is 8.58. The first-order valence-corrected chi connectivity index (χ1v) is 5.33. The first-order valence-electron chi connectivity index (χ1n) is 5.33. The van der Waals surface area contributed by atoms with Gasteiger partial charge in [0.1, 0.15) is 18.3 Å². The number of esters is 1. The number of hydrogen-bond donors (Lipinski definition) is 1.